The molecule has 0 aromatic carbocycles. The van der Waals surface area contributed by atoms with Crippen molar-refractivity contribution in [2.45, 2.75) is 39.7 Å². The minimum absolute atomic E-state index is 0.0295. The third-order valence-corrected chi connectivity index (χ3v) is 3.96. The minimum atomic E-state index is -3.11. The normalized spacial score (nSPS) is 16.3. The lowest BCUT2D eigenvalue weighted by Gasteiger charge is -2.17. The molecular formula is C10H24N2O2S. The van der Waals surface area contributed by atoms with E-state index in [0.717, 1.165) is 12.8 Å². The molecule has 0 aromatic rings. The first-order chi connectivity index (χ1) is 6.91. The fourth-order valence-electron chi connectivity index (χ4n) is 1.42. The quantitative estimate of drug-likeness (QED) is 0.660. The fraction of sp³-hybridized carbons (Fsp3) is 1.00. The lowest BCUT2D eigenvalue weighted by molar-refractivity contribution is 0.445. The lowest BCUT2D eigenvalue weighted by atomic mass is 10.0. The van der Waals surface area contributed by atoms with Crippen LogP contribution in [0.4, 0.5) is 0 Å². The van der Waals surface area contributed by atoms with Crippen LogP contribution in [0.2, 0.25) is 0 Å². The van der Waals surface area contributed by atoms with Crippen LogP contribution in [0.1, 0.15) is 33.6 Å². The van der Waals surface area contributed by atoms with Gasteiger partial charge in [-0.3, -0.25) is 0 Å². The zero-order valence-corrected chi connectivity index (χ0v) is 11.0. The maximum absolute atomic E-state index is 11.5. The molecule has 0 spiro atoms. The van der Waals surface area contributed by atoms with Gasteiger partial charge < -0.3 is 5.32 Å². The molecule has 0 radical (unpaired) electrons. The molecule has 5 heteroatoms. The van der Waals surface area contributed by atoms with Crippen molar-refractivity contribution >= 4 is 10.0 Å². The molecule has 0 fully saturated rings. The molecule has 0 heterocycles. The fourth-order valence-corrected chi connectivity index (χ4v) is 2.72. The number of hydrogen-bond donors (Lipinski definition) is 2. The van der Waals surface area contributed by atoms with Gasteiger partial charge in [-0.05, 0) is 26.3 Å². The van der Waals surface area contributed by atoms with Crippen molar-refractivity contribution in [1.82, 2.24) is 10.0 Å². The summed E-state index contributed by atoms with van der Waals surface area (Å²) in [6, 6.07) is 0.0295. The van der Waals surface area contributed by atoms with Gasteiger partial charge in [0.15, 0.2) is 0 Å². The largest absolute Gasteiger partial charge is 0.319 e. The van der Waals surface area contributed by atoms with Crippen molar-refractivity contribution in [3.05, 3.63) is 0 Å². The van der Waals surface area contributed by atoms with E-state index < -0.39 is 10.0 Å². The van der Waals surface area contributed by atoms with Crippen LogP contribution in [0.3, 0.4) is 0 Å². The molecule has 2 N–H and O–H groups in total. The molecule has 0 rings (SSSR count). The molecule has 0 aromatic heterocycles. The Morgan fingerprint density at radius 2 is 1.87 bits per heavy atom. The van der Waals surface area contributed by atoms with E-state index in [-0.39, 0.29) is 11.8 Å². The van der Waals surface area contributed by atoms with E-state index in [1.54, 1.807) is 7.05 Å². The first kappa shape index (κ1) is 14.9. The van der Waals surface area contributed by atoms with Crippen molar-refractivity contribution < 1.29 is 8.42 Å². The van der Waals surface area contributed by atoms with Gasteiger partial charge in [0.05, 0.1) is 5.75 Å². The van der Waals surface area contributed by atoms with Crippen LogP contribution in [0.25, 0.3) is 0 Å². The second-order valence-electron chi connectivity index (χ2n) is 4.19. The Kier molecular flexibility index (Phi) is 7.13. The Balaban J connectivity index is 3.98. The Hall–Kier alpha value is -0.130. The smallest absolute Gasteiger partial charge is 0.213 e. The Morgan fingerprint density at radius 1 is 1.27 bits per heavy atom. The molecule has 92 valence electrons. The summed E-state index contributed by atoms with van der Waals surface area (Å²) in [5.74, 6) is 0.709. The van der Waals surface area contributed by atoms with E-state index in [1.165, 1.54) is 0 Å². The molecule has 2 atom stereocenters. The van der Waals surface area contributed by atoms with Gasteiger partial charge in [0.1, 0.15) is 0 Å². The van der Waals surface area contributed by atoms with Crippen molar-refractivity contribution in [1.29, 1.82) is 0 Å². The Labute approximate surface area is 93.9 Å². The Morgan fingerprint density at radius 3 is 2.33 bits per heavy atom. The molecule has 0 aliphatic carbocycles. The van der Waals surface area contributed by atoms with Crippen molar-refractivity contribution in [2.24, 2.45) is 5.92 Å². The second kappa shape index (κ2) is 7.19. The molecule has 4 nitrogen and oxygen atoms in total. The maximum atomic E-state index is 11.5. The van der Waals surface area contributed by atoms with Crippen LogP contribution in [-0.4, -0.2) is 33.8 Å². The average Bonchev–Trinajstić information content (AvgIpc) is 2.13. The molecule has 0 saturated heterocycles. The monoisotopic (exact) mass is 236 g/mol. The van der Waals surface area contributed by atoms with E-state index in [0.29, 0.717) is 12.5 Å². The second-order valence-corrected chi connectivity index (χ2v) is 6.06. The number of rotatable bonds is 8. The highest BCUT2D eigenvalue weighted by atomic mass is 32.2. The highest BCUT2D eigenvalue weighted by Crippen LogP contribution is 2.09. The highest BCUT2D eigenvalue weighted by molar-refractivity contribution is 7.89. The standard InChI is InChI=1S/C10H24N2O2S/c1-5-9(2)8-10(3)12-15(13,14)7-6-11-4/h9-12H,5-8H2,1-4H3. The molecule has 2 unspecified atom stereocenters. The van der Waals surface area contributed by atoms with Crippen LogP contribution in [0.15, 0.2) is 0 Å². The van der Waals surface area contributed by atoms with Crippen LogP contribution in [-0.2, 0) is 10.0 Å². The zero-order chi connectivity index (χ0) is 11.9. The zero-order valence-electron chi connectivity index (χ0n) is 10.2. The van der Waals surface area contributed by atoms with Crippen molar-refractivity contribution in [2.75, 3.05) is 19.3 Å². The van der Waals surface area contributed by atoms with E-state index in [2.05, 4.69) is 23.9 Å². The first-order valence-corrected chi connectivity index (χ1v) is 7.21. The summed E-state index contributed by atoms with van der Waals surface area (Å²) < 4.78 is 25.7. The number of sulfonamides is 1. The molecule has 0 aliphatic rings. The molecular weight excluding hydrogens is 212 g/mol. The first-order valence-electron chi connectivity index (χ1n) is 5.55. The molecule has 0 saturated carbocycles. The predicted octanol–water partition coefficient (Wildman–Crippen LogP) is 0.950. The topological polar surface area (TPSA) is 58.2 Å². The van der Waals surface area contributed by atoms with Crippen LogP contribution in [0.5, 0.6) is 0 Å². The summed E-state index contributed by atoms with van der Waals surface area (Å²) in [6.45, 7) is 6.67. The predicted molar refractivity (Wildman–Crippen MR) is 64.4 cm³/mol. The minimum Gasteiger partial charge on any atom is -0.319 e. The number of nitrogens with one attached hydrogen (secondary N) is 2. The average molecular weight is 236 g/mol. The Bertz CT molecular complexity index is 252. The van der Waals surface area contributed by atoms with Crippen LogP contribution < -0.4 is 10.0 Å². The van der Waals surface area contributed by atoms with Gasteiger partial charge in [-0.2, -0.15) is 0 Å². The van der Waals surface area contributed by atoms with Gasteiger partial charge in [-0.15, -0.1) is 0 Å². The van der Waals surface area contributed by atoms with Crippen LogP contribution >= 0.6 is 0 Å². The third kappa shape index (κ3) is 7.76. The van der Waals surface area contributed by atoms with Gasteiger partial charge in [0, 0.05) is 12.6 Å². The van der Waals surface area contributed by atoms with Gasteiger partial charge in [0.2, 0.25) is 10.0 Å². The summed E-state index contributed by atoms with van der Waals surface area (Å²) in [5.41, 5.74) is 0. The van der Waals surface area contributed by atoms with Gasteiger partial charge >= 0.3 is 0 Å². The summed E-state index contributed by atoms with van der Waals surface area (Å²) in [5, 5.41) is 2.83. The van der Waals surface area contributed by atoms with Crippen molar-refractivity contribution in [3.63, 3.8) is 0 Å². The van der Waals surface area contributed by atoms with E-state index in [1.807, 2.05) is 6.92 Å². The van der Waals surface area contributed by atoms with Gasteiger partial charge in [0.25, 0.3) is 0 Å². The third-order valence-electron chi connectivity index (χ3n) is 2.45. The summed E-state index contributed by atoms with van der Waals surface area (Å²) in [7, 11) is -1.36. The van der Waals surface area contributed by atoms with E-state index >= 15 is 0 Å². The van der Waals surface area contributed by atoms with E-state index in [9.17, 15) is 8.42 Å². The number of hydrogen-bond acceptors (Lipinski definition) is 3. The summed E-state index contributed by atoms with van der Waals surface area (Å²) in [6.07, 6.45) is 1.98. The van der Waals surface area contributed by atoms with Gasteiger partial charge in [-0.25, -0.2) is 13.1 Å². The van der Waals surface area contributed by atoms with Crippen LogP contribution in [0, 0.1) is 5.92 Å². The summed E-state index contributed by atoms with van der Waals surface area (Å²) in [4.78, 5) is 0. The SMILES string of the molecule is CCC(C)CC(C)NS(=O)(=O)CCNC. The molecule has 15 heavy (non-hydrogen) atoms. The summed E-state index contributed by atoms with van der Waals surface area (Å²) >= 11 is 0. The molecule has 0 bridgehead atoms. The molecule has 0 amide bonds. The van der Waals surface area contributed by atoms with Crippen molar-refractivity contribution in [3.8, 4) is 0 Å². The van der Waals surface area contributed by atoms with Gasteiger partial charge in [-0.1, -0.05) is 20.3 Å². The highest BCUT2D eigenvalue weighted by Gasteiger charge is 2.15. The lowest BCUT2D eigenvalue weighted by Crippen LogP contribution is -2.37. The van der Waals surface area contributed by atoms with E-state index in [4.69, 9.17) is 0 Å². The molecule has 0 aliphatic heterocycles. The maximum Gasteiger partial charge on any atom is 0.213 e.